The molecule has 0 spiro atoms. The lowest BCUT2D eigenvalue weighted by Crippen LogP contribution is -2.55. The predicted octanol–water partition coefficient (Wildman–Crippen LogP) is -0.958. The summed E-state index contributed by atoms with van der Waals surface area (Å²) in [6, 6.07) is 0.154. The van der Waals surface area contributed by atoms with Crippen molar-refractivity contribution in [2.24, 2.45) is 5.73 Å². The van der Waals surface area contributed by atoms with Crippen molar-refractivity contribution >= 4 is 12.4 Å². The molecular formula is C7H14N4O. The van der Waals surface area contributed by atoms with Crippen LogP contribution in [0.15, 0.2) is 0 Å². The van der Waals surface area contributed by atoms with Crippen molar-refractivity contribution in [3.05, 3.63) is 0 Å². The number of nitrogens with zero attached hydrogens (tertiary/aromatic N) is 2. The van der Waals surface area contributed by atoms with E-state index >= 15 is 0 Å². The third-order valence-corrected chi connectivity index (χ3v) is 2.12. The van der Waals surface area contributed by atoms with Crippen LogP contribution in [0.2, 0.25) is 0 Å². The van der Waals surface area contributed by atoms with Crippen molar-refractivity contribution in [1.29, 1.82) is 5.41 Å². The lowest BCUT2D eigenvalue weighted by Gasteiger charge is -2.38. The zero-order valence-corrected chi connectivity index (χ0v) is 7.16. The number of nitrogens with two attached hydrogens (primary N) is 1. The van der Waals surface area contributed by atoms with Crippen LogP contribution in [0, 0.1) is 5.41 Å². The van der Waals surface area contributed by atoms with Gasteiger partial charge in [0.15, 0.2) is 5.96 Å². The van der Waals surface area contributed by atoms with Crippen molar-refractivity contribution in [1.82, 2.24) is 9.80 Å². The number of carbonyl (C=O) groups is 1. The van der Waals surface area contributed by atoms with E-state index in [1.165, 1.54) is 0 Å². The van der Waals surface area contributed by atoms with Crippen molar-refractivity contribution in [3.63, 3.8) is 0 Å². The van der Waals surface area contributed by atoms with E-state index in [0.29, 0.717) is 19.6 Å². The molecule has 12 heavy (non-hydrogen) atoms. The Balaban J connectivity index is 2.53. The van der Waals surface area contributed by atoms with Gasteiger partial charge in [-0.15, -0.1) is 0 Å². The third kappa shape index (κ3) is 1.66. The van der Waals surface area contributed by atoms with E-state index < -0.39 is 0 Å². The van der Waals surface area contributed by atoms with Crippen LogP contribution in [0.3, 0.4) is 0 Å². The summed E-state index contributed by atoms with van der Waals surface area (Å²) in [6.07, 6.45) is 0.841. The second kappa shape index (κ2) is 3.42. The molecule has 3 N–H and O–H groups in total. The van der Waals surface area contributed by atoms with E-state index in [1.54, 1.807) is 9.80 Å². The van der Waals surface area contributed by atoms with Gasteiger partial charge in [-0.1, -0.05) is 0 Å². The van der Waals surface area contributed by atoms with Crippen LogP contribution in [0.4, 0.5) is 0 Å². The van der Waals surface area contributed by atoms with Gasteiger partial charge in [-0.05, 0) is 6.92 Å². The second-order valence-electron chi connectivity index (χ2n) is 3.03. The average molecular weight is 170 g/mol. The number of hydrogen-bond acceptors (Lipinski definition) is 2. The summed E-state index contributed by atoms with van der Waals surface area (Å²) in [5.74, 6) is 0.0908. The molecule has 1 amide bonds. The molecule has 0 aromatic rings. The molecule has 1 unspecified atom stereocenters. The zero-order chi connectivity index (χ0) is 9.14. The van der Waals surface area contributed by atoms with Gasteiger partial charge in [0.05, 0.1) is 0 Å². The molecule has 0 radical (unpaired) electrons. The number of nitrogens with one attached hydrogen (secondary N) is 1. The Kier molecular flexibility index (Phi) is 2.52. The summed E-state index contributed by atoms with van der Waals surface area (Å²) in [5.41, 5.74) is 5.35. The minimum atomic E-state index is 0.0908. The number of rotatable bonds is 1. The lowest BCUT2D eigenvalue weighted by atomic mass is 10.2. The van der Waals surface area contributed by atoms with E-state index in [0.717, 1.165) is 6.41 Å². The molecule has 0 bridgehead atoms. The second-order valence-corrected chi connectivity index (χ2v) is 3.03. The van der Waals surface area contributed by atoms with Gasteiger partial charge in [0.1, 0.15) is 0 Å². The molecule has 1 saturated heterocycles. The topological polar surface area (TPSA) is 73.4 Å². The fraction of sp³-hybridized carbons (Fsp3) is 0.714. The first-order valence-electron chi connectivity index (χ1n) is 3.95. The molecule has 68 valence electrons. The van der Waals surface area contributed by atoms with Crippen molar-refractivity contribution in [2.75, 3.05) is 19.6 Å². The maximum atomic E-state index is 10.4. The van der Waals surface area contributed by atoms with E-state index in [4.69, 9.17) is 11.1 Å². The standard InChI is InChI=1S/C7H14N4O/c1-6-4-10(5-12)2-3-11(6)7(8)9/h5-6H,2-4H2,1H3,(H3,8,9). The van der Waals surface area contributed by atoms with Crippen LogP contribution in [0.1, 0.15) is 6.92 Å². The van der Waals surface area contributed by atoms with E-state index in [9.17, 15) is 4.79 Å². The van der Waals surface area contributed by atoms with E-state index in [2.05, 4.69) is 0 Å². The molecular weight excluding hydrogens is 156 g/mol. The van der Waals surface area contributed by atoms with Crippen LogP contribution in [0.5, 0.6) is 0 Å². The van der Waals surface area contributed by atoms with Crippen molar-refractivity contribution in [2.45, 2.75) is 13.0 Å². The first-order valence-corrected chi connectivity index (χ1v) is 3.95. The number of piperazine rings is 1. The highest BCUT2D eigenvalue weighted by Gasteiger charge is 2.22. The molecule has 1 aliphatic heterocycles. The van der Waals surface area contributed by atoms with Gasteiger partial charge in [0.2, 0.25) is 6.41 Å². The fourth-order valence-electron chi connectivity index (χ4n) is 1.44. The van der Waals surface area contributed by atoms with Crippen molar-refractivity contribution < 1.29 is 4.79 Å². The number of carbonyl (C=O) groups excluding carboxylic acids is 1. The maximum absolute atomic E-state index is 10.4. The van der Waals surface area contributed by atoms with Crippen molar-refractivity contribution in [3.8, 4) is 0 Å². The lowest BCUT2D eigenvalue weighted by molar-refractivity contribution is -0.120. The number of guanidine groups is 1. The summed E-state index contributed by atoms with van der Waals surface area (Å²) < 4.78 is 0. The van der Waals surface area contributed by atoms with E-state index in [-0.39, 0.29) is 12.0 Å². The zero-order valence-electron chi connectivity index (χ0n) is 7.16. The van der Waals surface area contributed by atoms with Crippen LogP contribution in [0.25, 0.3) is 0 Å². The van der Waals surface area contributed by atoms with Gasteiger partial charge < -0.3 is 15.5 Å². The normalized spacial score (nSPS) is 23.9. The number of hydrogen-bond donors (Lipinski definition) is 2. The van der Waals surface area contributed by atoms with Gasteiger partial charge in [0.25, 0.3) is 0 Å². The van der Waals surface area contributed by atoms with Crippen LogP contribution < -0.4 is 5.73 Å². The molecule has 1 atom stereocenters. The number of amides is 1. The molecule has 5 nitrogen and oxygen atoms in total. The molecule has 1 heterocycles. The van der Waals surface area contributed by atoms with Gasteiger partial charge in [-0.3, -0.25) is 10.2 Å². The third-order valence-electron chi connectivity index (χ3n) is 2.12. The van der Waals surface area contributed by atoms with Crippen LogP contribution >= 0.6 is 0 Å². The Labute approximate surface area is 71.6 Å². The molecule has 1 rings (SSSR count). The van der Waals surface area contributed by atoms with Crippen LogP contribution in [-0.4, -0.2) is 47.8 Å². The highest BCUT2D eigenvalue weighted by atomic mass is 16.1. The summed E-state index contributed by atoms with van der Waals surface area (Å²) in [4.78, 5) is 13.9. The monoisotopic (exact) mass is 170 g/mol. The molecule has 0 saturated carbocycles. The summed E-state index contributed by atoms with van der Waals surface area (Å²) >= 11 is 0. The van der Waals surface area contributed by atoms with Gasteiger partial charge in [-0.25, -0.2) is 0 Å². The molecule has 1 aliphatic rings. The summed E-state index contributed by atoms with van der Waals surface area (Å²) in [5, 5.41) is 7.24. The molecule has 5 heteroatoms. The minimum absolute atomic E-state index is 0.0908. The maximum Gasteiger partial charge on any atom is 0.209 e. The van der Waals surface area contributed by atoms with Crippen LogP contribution in [-0.2, 0) is 4.79 Å². The van der Waals surface area contributed by atoms with Gasteiger partial charge in [-0.2, -0.15) is 0 Å². The fourth-order valence-corrected chi connectivity index (χ4v) is 1.44. The summed E-state index contributed by atoms with van der Waals surface area (Å²) in [7, 11) is 0. The first kappa shape index (κ1) is 8.83. The van der Waals surface area contributed by atoms with Gasteiger partial charge >= 0.3 is 0 Å². The highest BCUT2D eigenvalue weighted by molar-refractivity contribution is 5.75. The minimum Gasteiger partial charge on any atom is -0.370 e. The Hall–Kier alpha value is -1.26. The molecule has 0 aliphatic carbocycles. The SMILES string of the molecule is CC1CN(C=O)CCN1C(=N)N. The molecule has 1 fully saturated rings. The Morgan fingerprint density at radius 2 is 2.33 bits per heavy atom. The predicted molar refractivity (Wildman–Crippen MR) is 45.7 cm³/mol. The Bertz CT molecular complexity index is 194. The Morgan fingerprint density at radius 1 is 1.67 bits per heavy atom. The highest BCUT2D eigenvalue weighted by Crippen LogP contribution is 2.06. The first-order chi connectivity index (χ1) is 5.65. The van der Waals surface area contributed by atoms with E-state index in [1.807, 2.05) is 6.92 Å². The molecule has 0 aromatic carbocycles. The average Bonchev–Trinajstić information content (AvgIpc) is 2.03. The quantitative estimate of drug-likeness (QED) is 0.302. The Morgan fingerprint density at radius 3 is 2.75 bits per heavy atom. The smallest absolute Gasteiger partial charge is 0.209 e. The van der Waals surface area contributed by atoms with Gasteiger partial charge in [0, 0.05) is 25.7 Å². The largest absolute Gasteiger partial charge is 0.370 e. The summed E-state index contributed by atoms with van der Waals surface area (Å²) in [6.45, 7) is 3.93. The molecule has 0 aromatic heterocycles.